The number of hydrogen-bond donors (Lipinski definition) is 1. The molecule has 1 saturated heterocycles. The summed E-state index contributed by atoms with van der Waals surface area (Å²) in [6.07, 6.45) is 3.37. The van der Waals surface area contributed by atoms with E-state index in [0.29, 0.717) is 11.3 Å². The van der Waals surface area contributed by atoms with Crippen LogP contribution in [-0.4, -0.2) is 27.0 Å². The number of carbonyl (C=O) groups excluding carboxylic acids is 2. The van der Waals surface area contributed by atoms with Crippen molar-refractivity contribution >= 4 is 59.7 Å². The SMILES string of the molecule is COC(=O)C1=CC(Br)C2C(=C1)NC(=O)C2(Br)Br. The molecule has 2 rings (SSSR count). The van der Waals surface area contributed by atoms with Crippen molar-refractivity contribution < 1.29 is 14.3 Å². The summed E-state index contributed by atoms with van der Waals surface area (Å²) in [7, 11) is 1.32. The molecule has 0 bridgehead atoms. The smallest absolute Gasteiger partial charge is 0.337 e. The molecular formula is C10H8Br3NO3. The first-order chi connectivity index (χ1) is 7.87. The summed E-state index contributed by atoms with van der Waals surface area (Å²) in [4.78, 5) is 23.1. The molecule has 92 valence electrons. The fourth-order valence-corrected chi connectivity index (χ4v) is 4.79. The number of allylic oxidation sites excluding steroid dienone is 2. The second-order valence-corrected chi connectivity index (χ2v) is 8.34. The topological polar surface area (TPSA) is 55.4 Å². The summed E-state index contributed by atoms with van der Waals surface area (Å²) < 4.78 is 3.81. The number of halogens is 3. The number of hydrogen-bond acceptors (Lipinski definition) is 3. The fraction of sp³-hybridized carbons (Fsp3) is 0.400. The minimum absolute atomic E-state index is 0.136. The van der Waals surface area contributed by atoms with Crippen molar-refractivity contribution in [2.24, 2.45) is 5.92 Å². The molecule has 2 aliphatic rings. The van der Waals surface area contributed by atoms with Gasteiger partial charge in [0.2, 0.25) is 0 Å². The number of ether oxygens (including phenoxy) is 1. The van der Waals surface area contributed by atoms with E-state index >= 15 is 0 Å². The van der Waals surface area contributed by atoms with Crippen LogP contribution in [0.5, 0.6) is 0 Å². The first kappa shape index (κ1) is 13.3. The molecule has 0 radical (unpaired) electrons. The van der Waals surface area contributed by atoms with Gasteiger partial charge in [-0.2, -0.15) is 0 Å². The summed E-state index contributed by atoms with van der Waals surface area (Å²) in [6, 6.07) is 0. The van der Waals surface area contributed by atoms with Gasteiger partial charge < -0.3 is 10.1 Å². The van der Waals surface area contributed by atoms with E-state index in [1.165, 1.54) is 7.11 Å². The van der Waals surface area contributed by atoms with E-state index in [1.54, 1.807) is 12.2 Å². The lowest BCUT2D eigenvalue weighted by atomic mass is 9.93. The van der Waals surface area contributed by atoms with Crippen LogP contribution in [-0.2, 0) is 14.3 Å². The Morgan fingerprint density at radius 2 is 2.18 bits per heavy atom. The van der Waals surface area contributed by atoms with Gasteiger partial charge >= 0.3 is 5.97 Å². The van der Waals surface area contributed by atoms with Gasteiger partial charge in [0.05, 0.1) is 12.7 Å². The Bertz CT molecular complexity index is 456. The predicted octanol–water partition coefficient (Wildman–Crippen LogP) is 1.98. The van der Waals surface area contributed by atoms with Crippen LogP contribution in [0.3, 0.4) is 0 Å². The monoisotopic (exact) mass is 427 g/mol. The van der Waals surface area contributed by atoms with Crippen LogP contribution in [0.15, 0.2) is 23.4 Å². The van der Waals surface area contributed by atoms with Crippen molar-refractivity contribution in [1.29, 1.82) is 0 Å². The van der Waals surface area contributed by atoms with Gasteiger partial charge in [-0.3, -0.25) is 4.79 Å². The summed E-state index contributed by atoms with van der Waals surface area (Å²) in [6.45, 7) is 0. The Kier molecular flexibility index (Phi) is 3.53. The van der Waals surface area contributed by atoms with E-state index in [1.807, 2.05) is 0 Å². The van der Waals surface area contributed by atoms with Crippen molar-refractivity contribution in [1.82, 2.24) is 5.32 Å². The second-order valence-electron chi connectivity index (χ2n) is 3.71. The molecule has 1 N–H and O–H groups in total. The van der Waals surface area contributed by atoms with Crippen LogP contribution in [0.25, 0.3) is 0 Å². The number of amides is 1. The fourth-order valence-electron chi connectivity index (χ4n) is 1.85. The van der Waals surface area contributed by atoms with E-state index in [-0.39, 0.29) is 16.7 Å². The van der Waals surface area contributed by atoms with Crippen molar-refractivity contribution in [3.63, 3.8) is 0 Å². The molecule has 1 aliphatic heterocycles. The first-order valence-corrected chi connectivity index (χ1v) is 7.23. The van der Waals surface area contributed by atoms with Crippen molar-refractivity contribution in [2.75, 3.05) is 7.11 Å². The highest BCUT2D eigenvalue weighted by atomic mass is 79.9. The first-order valence-electron chi connectivity index (χ1n) is 4.73. The quantitative estimate of drug-likeness (QED) is 0.512. The van der Waals surface area contributed by atoms with Gasteiger partial charge in [0.1, 0.15) is 0 Å². The van der Waals surface area contributed by atoms with Gasteiger partial charge in [0.15, 0.2) is 3.23 Å². The van der Waals surface area contributed by atoms with Crippen LogP contribution in [0.2, 0.25) is 0 Å². The highest BCUT2D eigenvalue weighted by molar-refractivity contribution is 9.26. The molecular weight excluding hydrogens is 422 g/mol. The zero-order valence-corrected chi connectivity index (χ0v) is 13.4. The van der Waals surface area contributed by atoms with Gasteiger partial charge in [-0.25, -0.2) is 4.79 Å². The van der Waals surface area contributed by atoms with Crippen molar-refractivity contribution in [3.8, 4) is 0 Å². The zero-order chi connectivity index (χ0) is 12.8. The van der Waals surface area contributed by atoms with E-state index in [9.17, 15) is 9.59 Å². The van der Waals surface area contributed by atoms with E-state index < -0.39 is 9.20 Å². The predicted molar refractivity (Wildman–Crippen MR) is 73.1 cm³/mol. The largest absolute Gasteiger partial charge is 0.465 e. The third-order valence-electron chi connectivity index (χ3n) is 2.68. The van der Waals surface area contributed by atoms with Gasteiger partial charge in [-0.15, -0.1) is 0 Å². The molecule has 7 heteroatoms. The summed E-state index contributed by atoms with van der Waals surface area (Å²) in [5.41, 5.74) is 1.12. The Labute approximate surface area is 123 Å². The van der Waals surface area contributed by atoms with Crippen LogP contribution >= 0.6 is 47.8 Å². The van der Waals surface area contributed by atoms with Gasteiger partial charge in [0.25, 0.3) is 5.91 Å². The molecule has 4 nitrogen and oxygen atoms in total. The second kappa shape index (κ2) is 4.51. The molecule has 0 saturated carbocycles. The summed E-state index contributed by atoms with van der Waals surface area (Å²) in [5.74, 6) is -0.739. The minimum Gasteiger partial charge on any atom is -0.465 e. The molecule has 2 unspecified atom stereocenters. The molecule has 0 aromatic heterocycles. The highest BCUT2D eigenvalue weighted by Gasteiger charge is 2.53. The maximum Gasteiger partial charge on any atom is 0.337 e. The average molecular weight is 430 g/mol. The Morgan fingerprint density at radius 3 is 2.76 bits per heavy atom. The number of alkyl halides is 3. The molecule has 1 amide bonds. The molecule has 1 heterocycles. The molecule has 1 aliphatic carbocycles. The zero-order valence-electron chi connectivity index (χ0n) is 8.67. The van der Waals surface area contributed by atoms with Crippen molar-refractivity contribution in [2.45, 2.75) is 8.06 Å². The van der Waals surface area contributed by atoms with Gasteiger partial charge in [0, 0.05) is 16.4 Å². The Hall–Kier alpha value is -0.140. The number of methoxy groups -OCH3 is 1. The van der Waals surface area contributed by atoms with E-state index in [4.69, 9.17) is 0 Å². The van der Waals surface area contributed by atoms with Crippen LogP contribution in [0.4, 0.5) is 0 Å². The normalized spacial score (nSPS) is 30.0. The molecule has 0 spiro atoms. The third kappa shape index (κ3) is 2.13. The Morgan fingerprint density at radius 1 is 1.53 bits per heavy atom. The van der Waals surface area contributed by atoms with Crippen LogP contribution in [0, 0.1) is 5.92 Å². The number of carbonyl (C=O) groups is 2. The van der Waals surface area contributed by atoms with E-state index in [2.05, 4.69) is 57.8 Å². The van der Waals surface area contributed by atoms with Crippen LogP contribution in [0.1, 0.15) is 0 Å². The molecule has 1 fully saturated rings. The average Bonchev–Trinajstić information content (AvgIpc) is 2.48. The van der Waals surface area contributed by atoms with E-state index in [0.717, 1.165) is 0 Å². The third-order valence-corrected chi connectivity index (χ3v) is 5.18. The molecule has 2 atom stereocenters. The van der Waals surface area contributed by atoms with Gasteiger partial charge in [-0.1, -0.05) is 53.9 Å². The summed E-state index contributed by atoms with van der Waals surface area (Å²) >= 11 is 10.2. The number of nitrogens with one attached hydrogen (secondary N) is 1. The highest BCUT2D eigenvalue weighted by Crippen LogP contribution is 2.49. The lowest BCUT2D eigenvalue weighted by Crippen LogP contribution is -2.33. The number of esters is 1. The lowest BCUT2D eigenvalue weighted by Gasteiger charge is -2.26. The lowest BCUT2D eigenvalue weighted by molar-refractivity contribution is -0.135. The van der Waals surface area contributed by atoms with Crippen LogP contribution < -0.4 is 5.32 Å². The maximum absolute atomic E-state index is 11.7. The van der Waals surface area contributed by atoms with Crippen molar-refractivity contribution in [3.05, 3.63) is 23.4 Å². The molecule has 0 aromatic carbocycles. The minimum atomic E-state index is -0.849. The molecule has 17 heavy (non-hydrogen) atoms. The summed E-state index contributed by atoms with van der Waals surface area (Å²) in [5, 5.41) is 2.74. The Balaban J connectivity index is 2.39. The molecule has 0 aromatic rings. The number of rotatable bonds is 1. The standard InChI is InChI=1S/C10H8Br3NO3/c1-17-8(15)4-2-5(11)7-6(3-4)14-9(16)10(7,12)13/h2-3,5,7H,1H3,(H,14,16). The number of fused-ring (bicyclic) bond motifs is 1. The van der Waals surface area contributed by atoms with Gasteiger partial charge in [-0.05, 0) is 6.08 Å². The maximum atomic E-state index is 11.7.